The number of aromatic nitrogens is 3. The van der Waals surface area contributed by atoms with E-state index < -0.39 is 0 Å². The molecular formula is C18H22N6O. The number of rotatable bonds is 6. The van der Waals surface area contributed by atoms with Crippen LogP contribution in [0.25, 0.3) is 0 Å². The smallest absolute Gasteiger partial charge is 0.232 e. The minimum Gasteiger partial charge on any atom is -0.465 e. The molecule has 0 aliphatic carbocycles. The van der Waals surface area contributed by atoms with Gasteiger partial charge in [-0.1, -0.05) is 18.2 Å². The average Bonchev–Trinajstić information content (AvgIpc) is 2.94. The Morgan fingerprint density at radius 1 is 1.04 bits per heavy atom. The Morgan fingerprint density at radius 3 is 2.56 bits per heavy atom. The van der Waals surface area contributed by atoms with Crippen molar-refractivity contribution in [3.63, 3.8) is 0 Å². The molecule has 3 N–H and O–H groups in total. The van der Waals surface area contributed by atoms with Crippen molar-refractivity contribution in [2.45, 2.75) is 26.9 Å². The number of nitrogens with two attached hydrogens (primary N) is 1. The number of nitrogen functional groups attached to an aromatic ring is 1. The highest BCUT2D eigenvalue weighted by atomic mass is 16.3. The van der Waals surface area contributed by atoms with Gasteiger partial charge in [-0.05, 0) is 44.7 Å². The molecule has 0 aliphatic heterocycles. The largest absolute Gasteiger partial charge is 0.465 e. The summed E-state index contributed by atoms with van der Waals surface area (Å²) in [5.41, 5.74) is 7.89. The normalized spacial score (nSPS) is 11.0. The van der Waals surface area contributed by atoms with E-state index in [1.165, 1.54) is 0 Å². The molecule has 0 amide bonds. The second kappa shape index (κ2) is 7.31. The van der Waals surface area contributed by atoms with E-state index in [1.807, 2.05) is 57.3 Å². The van der Waals surface area contributed by atoms with Gasteiger partial charge in [-0.15, -0.1) is 0 Å². The zero-order valence-corrected chi connectivity index (χ0v) is 14.7. The van der Waals surface area contributed by atoms with Crippen molar-refractivity contribution in [3.8, 4) is 0 Å². The van der Waals surface area contributed by atoms with E-state index in [0.717, 1.165) is 22.8 Å². The lowest BCUT2D eigenvalue weighted by molar-refractivity contribution is 0.279. The maximum atomic E-state index is 5.84. The summed E-state index contributed by atoms with van der Waals surface area (Å²) in [6, 6.07) is 11.9. The van der Waals surface area contributed by atoms with Crippen LogP contribution in [0, 0.1) is 13.8 Å². The number of nitrogens with one attached hydrogen (secondary N) is 1. The molecule has 3 rings (SSSR count). The zero-order valence-electron chi connectivity index (χ0n) is 14.7. The molecule has 2 aromatic heterocycles. The van der Waals surface area contributed by atoms with Gasteiger partial charge in [0, 0.05) is 5.69 Å². The van der Waals surface area contributed by atoms with Gasteiger partial charge in [0.1, 0.15) is 17.3 Å². The van der Waals surface area contributed by atoms with Crippen LogP contribution < -0.4 is 11.1 Å². The van der Waals surface area contributed by atoms with Gasteiger partial charge in [-0.25, -0.2) is 0 Å². The average molecular weight is 338 g/mol. The minimum absolute atomic E-state index is 0.198. The van der Waals surface area contributed by atoms with Gasteiger partial charge in [0.2, 0.25) is 11.9 Å². The SMILES string of the molecule is Cc1ccc(CN(C)Cc2nc(N)nc(Nc3ccccc3C)n2)o1. The maximum absolute atomic E-state index is 5.84. The summed E-state index contributed by atoms with van der Waals surface area (Å²) in [5, 5.41) is 3.20. The van der Waals surface area contributed by atoms with Crippen LogP contribution in [0.3, 0.4) is 0 Å². The molecule has 0 bridgehead atoms. The molecule has 0 unspecified atom stereocenters. The highest BCUT2D eigenvalue weighted by Gasteiger charge is 2.10. The van der Waals surface area contributed by atoms with Crippen LogP contribution in [0.2, 0.25) is 0 Å². The zero-order chi connectivity index (χ0) is 17.8. The molecule has 0 saturated heterocycles. The third-order valence-electron chi connectivity index (χ3n) is 3.72. The summed E-state index contributed by atoms with van der Waals surface area (Å²) in [6.45, 7) is 5.15. The van der Waals surface area contributed by atoms with Crippen LogP contribution in [0.15, 0.2) is 40.8 Å². The Balaban J connectivity index is 1.71. The molecular weight excluding hydrogens is 316 g/mol. The third-order valence-corrected chi connectivity index (χ3v) is 3.72. The second-order valence-electron chi connectivity index (χ2n) is 6.06. The van der Waals surface area contributed by atoms with Crippen LogP contribution in [0.1, 0.15) is 22.9 Å². The Bertz CT molecular complexity index is 860. The quantitative estimate of drug-likeness (QED) is 0.713. The first kappa shape index (κ1) is 16.9. The van der Waals surface area contributed by atoms with E-state index in [0.29, 0.717) is 24.9 Å². The predicted molar refractivity (Wildman–Crippen MR) is 97.3 cm³/mol. The van der Waals surface area contributed by atoms with Crippen LogP contribution in [-0.4, -0.2) is 26.9 Å². The van der Waals surface area contributed by atoms with E-state index in [-0.39, 0.29) is 5.95 Å². The number of para-hydroxylation sites is 1. The van der Waals surface area contributed by atoms with Crippen LogP contribution in [0.4, 0.5) is 17.6 Å². The van der Waals surface area contributed by atoms with E-state index in [1.54, 1.807) is 0 Å². The number of nitrogens with zero attached hydrogens (tertiary/aromatic N) is 4. The first-order chi connectivity index (χ1) is 12.0. The van der Waals surface area contributed by atoms with Gasteiger partial charge < -0.3 is 15.5 Å². The molecule has 0 radical (unpaired) electrons. The summed E-state index contributed by atoms with van der Waals surface area (Å²) in [7, 11) is 1.98. The second-order valence-corrected chi connectivity index (χ2v) is 6.06. The van der Waals surface area contributed by atoms with Crippen molar-refractivity contribution in [2.75, 3.05) is 18.1 Å². The molecule has 7 heteroatoms. The molecule has 0 atom stereocenters. The maximum Gasteiger partial charge on any atom is 0.232 e. The molecule has 3 aromatic rings. The molecule has 0 fully saturated rings. The molecule has 7 nitrogen and oxygen atoms in total. The fraction of sp³-hybridized carbons (Fsp3) is 0.278. The number of hydrogen-bond donors (Lipinski definition) is 2. The van der Waals surface area contributed by atoms with Gasteiger partial charge in [0.15, 0.2) is 0 Å². The molecule has 25 heavy (non-hydrogen) atoms. The van der Waals surface area contributed by atoms with Crippen molar-refractivity contribution in [1.82, 2.24) is 19.9 Å². The van der Waals surface area contributed by atoms with Gasteiger partial charge in [-0.2, -0.15) is 15.0 Å². The van der Waals surface area contributed by atoms with E-state index in [9.17, 15) is 0 Å². The van der Waals surface area contributed by atoms with Gasteiger partial charge in [0.05, 0.1) is 13.1 Å². The predicted octanol–water partition coefficient (Wildman–Crippen LogP) is 3.04. The van der Waals surface area contributed by atoms with Gasteiger partial charge in [-0.3, -0.25) is 4.90 Å². The van der Waals surface area contributed by atoms with Crippen LogP contribution in [0.5, 0.6) is 0 Å². The first-order valence-electron chi connectivity index (χ1n) is 8.06. The number of anilines is 3. The lowest BCUT2D eigenvalue weighted by Gasteiger charge is -2.15. The molecule has 0 spiro atoms. The minimum atomic E-state index is 0.198. The monoisotopic (exact) mass is 338 g/mol. The third kappa shape index (κ3) is 4.54. The number of hydrogen-bond acceptors (Lipinski definition) is 7. The van der Waals surface area contributed by atoms with Crippen molar-refractivity contribution < 1.29 is 4.42 Å². The number of benzene rings is 1. The lowest BCUT2D eigenvalue weighted by Crippen LogP contribution is -2.20. The Morgan fingerprint density at radius 2 is 1.84 bits per heavy atom. The lowest BCUT2D eigenvalue weighted by atomic mass is 10.2. The summed E-state index contributed by atoms with van der Waals surface area (Å²) in [5.74, 6) is 3.05. The van der Waals surface area contributed by atoms with Crippen molar-refractivity contribution in [3.05, 3.63) is 59.3 Å². The first-order valence-corrected chi connectivity index (χ1v) is 8.06. The fourth-order valence-corrected chi connectivity index (χ4v) is 2.53. The molecule has 0 aliphatic rings. The van der Waals surface area contributed by atoms with Crippen molar-refractivity contribution in [2.24, 2.45) is 0 Å². The molecule has 130 valence electrons. The topological polar surface area (TPSA) is 93.1 Å². The van der Waals surface area contributed by atoms with Gasteiger partial charge >= 0.3 is 0 Å². The summed E-state index contributed by atoms with van der Waals surface area (Å²) in [4.78, 5) is 14.9. The fourth-order valence-electron chi connectivity index (χ4n) is 2.53. The van der Waals surface area contributed by atoms with Crippen LogP contribution in [-0.2, 0) is 13.1 Å². The number of aryl methyl sites for hydroxylation is 2. The Hall–Kier alpha value is -2.93. The highest BCUT2D eigenvalue weighted by molar-refractivity contribution is 5.58. The Kier molecular flexibility index (Phi) is 4.95. The number of furan rings is 1. The van der Waals surface area contributed by atoms with Crippen molar-refractivity contribution >= 4 is 17.6 Å². The van der Waals surface area contributed by atoms with E-state index in [4.69, 9.17) is 10.2 Å². The highest BCUT2D eigenvalue weighted by Crippen LogP contribution is 2.18. The standard InChI is InChI=1S/C18H22N6O/c1-12-6-4-5-7-15(12)20-18-22-16(21-17(19)23-18)11-24(3)10-14-9-8-13(2)25-14/h4-9H,10-11H2,1-3H3,(H3,19,20,21,22,23). The van der Waals surface area contributed by atoms with E-state index in [2.05, 4.69) is 25.2 Å². The molecule has 0 saturated carbocycles. The van der Waals surface area contributed by atoms with E-state index >= 15 is 0 Å². The van der Waals surface area contributed by atoms with Gasteiger partial charge in [0.25, 0.3) is 0 Å². The Labute approximate surface area is 146 Å². The summed E-state index contributed by atoms with van der Waals surface area (Å²) >= 11 is 0. The van der Waals surface area contributed by atoms with Crippen LogP contribution >= 0.6 is 0 Å². The molecule has 1 aromatic carbocycles. The van der Waals surface area contributed by atoms with Crippen molar-refractivity contribution in [1.29, 1.82) is 0 Å². The molecule has 2 heterocycles. The summed E-state index contributed by atoms with van der Waals surface area (Å²) < 4.78 is 5.60. The summed E-state index contributed by atoms with van der Waals surface area (Å²) in [6.07, 6.45) is 0.